The Kier molecular flexibility index (Phi) is 7.50. The molecule has 0 bridgehead atoms. The molecule has 41 heavy (non-hydrogen) atoms. The molecular formula is C23H21ClN8O7S2. The van der Waals surface area contributed by atoms with Crippen molar-refractivity contribution in [3.63, 3.8) is 0 Å². The fraction of sp³-hybridized carbons (Fsp3) is 0.261. The van der Waals surface area contributed by atoms with E-state index in [2.05, 4.69) is 20.4 Å². The zero-order valence-corrected chi connectivity index (χ0v) is 23.4. The second-order valence-electron chi connectivity index (χ2n) is 8.96. The normalized spacial score (nSPS) is 19.5. The molecule has 5 rings (SSSR count). The first-order valence-corrected chi connectivity index (χ1v) is 14.0. The van der Waals surface area contributed by atoms with Gasteiger partial charge in [-0.15, -0.1) is 11.8 Å². The van der Waals surface area contributed by atoms with E-state index in [1.54, 1.807) is 22.9 Å². The SMILES string of the molecule is C[C@H](O/N=C(\C(=O)N[C@@H]1C(=O)N2C(C(=O)[O-])=C(C[n+]3cccc4[nH]c(N)cc43)CSC12)c1nc(N)sc1Cl)C(=O)O. The van der Waals surface area contributed by atoms with Gasteiger partial charge < -0.3 is 41.6 Å². The van der Waals surface area contributed by atoms with Gasteiger partial charge in [-0.25, -0.2) is 9.78 Å². The molecule has 3 aromatic rings. The van der Waals surface area contributed by atoms with Crippen LogP contribution in [0.1, 0.15) is 12.6 Å². The molecule has 15 nitrogen and oxygen atoms in total. The summed E-state index contributed by atoms with van der Waals surface area (Å²) in [7, 11) is 0. The number of hydrogen-bond acceptors (Lipinski definition) is 12. The van der Waals surface area contributed by atoms with E-state index in [0.29, 0.717) is 11.4 Å². The lowest BCUT2D eigenvalue weighted by Gasteiger charge is -2.50. The predicted octanol–water partition coefficient (Wildman–Crippen LogP) is -0.972. The van der Waals surface area contributed by atoms with Crippen molar-refractivity contribution in [3.8, 4) is 0 Å². The molecule has 0 aliphatic carbocycles. The fourth-order valence-corrected chi connectivity index (χ4v) is 6.61. The highest BCUT2D eigenvalue weighted by atomic mass is 35.5. The van der Waals surface area contributed by atoms with E-state index in [4.69, 9.17) is 33.0 Å². The van der Waals surface area contributed by atoms with E-state index in [-0.39, 0.29) is 33.2 Å². The molecule has 214 valence electrons. The van der Waals surface area contributed by atoms with Gasteiger partial charge >= 0.3 is 5.97 Å². The van der Waals surface area contributed by atoms with Crippen molar-refractivity contribution in [2.24, 2.45) is 5.16 Å². The van der Waals surface area contributed by atoms with Crippen LogP contribution in [0.15, 0.2) is 40.8 Å². The van der Waals surface area contributed by atoms with Crippen molar-refractivity contribution < 1.29 is 38.8 Å². The molecular weight excluding hydrogens is 600 g/mol. The van der Waals surface area contributed by atoms with Crippen LogP contribution in [0.5, 0.6) is 0 Å². The number of nitrogens with one attached hydrogen (secondary N) is 2. The van der Waals surface area contributed by atoms with Crippen LogP contribution < -0.4 is 26.5 Å². The number of carbonyl (C=O) groups excluding carboxylic acids is 3. The van der Waals surface area contributed by atoms with Crippen molar-refractivity contribution in [1.29, 1.82) is 0 Å². The Balaban J connectivity index is 1.39. The number of aliphatic carboxylic acids is 2. The van der Waals surface area contributed by atoms with Crippen molar-refractivity contribution in [3.05, 3.63) is 45.7 Å². The molecule has 3 aromatic heterocycles. The number of anilines is 2. The number of thioether (sulfide) groups is 1. The molecule has 1 fully saturated rings. The van der Waals surface area contributed by atoms with Gasteiger partial charge in [0.25, 0.3) is 11.8 Å². The number of nitrogens with zero attached hydrogens (tertiary/aromatic N) is 4. The summed E-state index contributed by atoms with van der Waals surface area (Å²) >= 11 is 8.23. The van der Waals surface area contributed by atoms with Gasteiger partial charge in [0.15, 0.2) is 23.6 Å². The summed E-state index contributed by atoms with van der Waals surface area (Å²) in [6, 6.07) is 4.18. The number of nitrogens with two attached hydrogens (primary N) is 2. The lowest BCUT2D eigenvalue weighted by molar-refractivity contribution is -0.663. The van der Waals surface area contributed by atoms with Crippen molar-refractivity contribution in [1.82, 2.24) is 20.2 Å². The summed E-state index contributed by atoms with van der Waals surface area (Å²) in [5.74, 6) is -3.85. The topological polar surface area (TPSA) is 233 Å². The number of thiazole rings is 1. The summed E-state index contributed by atoms with van der Waals surface area (Å²) < 4.78 is 1.79. The van der Waals surface area contributed by atoms with Gasteiger partial charge in [0, 0.05) is 17.4 Å². The Morgan fingerprint density at radius 3 is 2.85 bits per heavy atom. The highest BCUT2D eigenvalue weighted by Crippen LogP contribution is 2.40. The van der Waals surface area contributed by atoms with E-state index in [9.17, 15) is 24.3 Å². The maximum Gasteiger partial charge on any atom is 0.347 e. The average molecular weight is 621 g/mol. The third-order valence-electron chi connectivity index (χ3n) is 6.27. The minimum Gasteiger partial charge on any atom is -0.543 e. The number of amides is 2. The third-order valence-corrected chi connectivity index (χ3v) is 8.69. The maximum atomic E-state index is 13.2. The van der Waals surface area contributed by atoms with Crippen molar-refractivity contribution in [2.75, 3.05) is 17.2 Å². The van der Waals surface area contributed by atoms with Crippen LogP contribution in [0, 0.1) is 0 Å². The number of pyridine rings is 1. The summed E-state index contributed by atoms with van der Waals surface area (Å²) in [4.78, 5) is 62.7. The molecule has 1 saturated heterocycles. The minimum atomic E-state index is -1.53. The molecule has 0 spiro atoms. The molecule has 0 radical (unpaired) electrons. The second-order valence-corrected chi connectivity index (χ2v) is 11.7. The van der Waals surface area contributed by atoms with E-state index in [1.807, 2.05) is 6.07 Å². The van der Waals surface area contributed by atoms with Crippen molar-refractivity contribution in [2.45, 2.75) is 31.0 Å². The summed E-state index contributed by atoms with van der Waals surface area (Å²) in [6.07, 6.45) is 0.348. The Morgan fingerprint density at radius 2 is 2.20 bits per heavy atom. The van der Waals surface area contributed by atoms with Gasteiger partial charge in [-0.1, -0.05) is 28.1 Å². The summed E-state index contributed by atoms with van der Waals surface area (Å²) in [5.41, 5.74) is 12.5. The molecule has 2 aliphatic heterocycles. The number of rotatable bonds is 9. The number of carboxylic acids is 2. The summed E-state index contributed by atoms with van der Waals surface area (Å²) in [5, 5.41) is 26.7. The number of carbonyl (C=O) groups is 4. The number of halogens is 1. The highest BCUT2D eigenvalue weighted by Gasteiger charge is 2.53. The first-order chi connectivity index (χ1) is 19.5. The Labute approximate surface area is 243 Å². The largest absolute Gasteiger partial charge is 0.543 e. The molecule has 5 heterocycles. The number of H-pyrrole nitrogens is 1. The van der Waals surface area contributed by atoms with Gasteiger partial charge in [0.1, 0.15) is 32.8 Å². The van der Waals surface area contributed by atoms with E-state index < -0.39 is 47.0 Å². The molecule has 2 amide bonds. The van der Waals surface area contributed by atoms with E-state index in [0.717, 1.165) is 27.3 Å². The Morgan fingerprint density at radius 1 is 1.44 bits per heavy atom. The Bertz CT molecular complexity index is 1670. The first-order valence-electron chi connectivity index (χ1n) is 11.8. The van der Waals surface area contributed by atoms with Crippen LogP contribution in [-0.2, 0) is 30.6 Å². The molecule has 18 heteroatoms. The molecule has 1 unspecified atom stereocenters. The van der Waals surface area contributed by atoms with E-state index in [1.165, 1.54) is 18.7 Å². The number of oxime groups is 1. The van der Waals surface area contributed by atoms with Gasteiger partial charge in [0.2, 0.25) is 11.6 Å². The lowest BCUT2D eigenvalue weighted by atomic mass is 10.0. The van der Waals surface area contributed by atoms with Crippen LogP contribution in [0.4, 0.5) is 10.9 Å². The maximum absolute atomic E-state index is 13.2. The third kappa shape index (κ3) is 5.25. The van der Waals surface area contributed by atoms with Crippen LogP contribution in [0.2, 0.25) is 4.34 Å². The van der Waals surface area contributed by atoms with Gasteiger partial charge in [-0.05, 0) is 13.0 Å². The molecule has 7 N–H and O–H groups in total. The van der Waals surface area contributed by atoms with Gasteiger partial charge in [-0.2, -0.15) is 4.57 Å². The zero-order valence-electron chi connectivity index (χ0n) is 21.0. The molecule has 0 saturated carbocycles. The number of aromatic amines is 1. The molecule has 3 atom stereocenters. The Hall–Kier alpha value is -4.35. The van der Waals surface area contributed by atoms with Crippen LogP contribution in [-0.4, -0.2) is 72.7 Å². The average Bonchev–Trinajstić information content (AvgIpc) is 3.47. The number of hydrogen-bond donors (Lipinski definition) is 5. The van der Waals surface area contributed by atoms with Crippen LogP contribution in [0.25, 0.3) is 11.0 Å². The molecule has 0 aromatic carbocycles. The summed E-state index contributed by atoms with van der Waals surface area (Å²) in [6.45, 7) is 1.34. The van der Waals surface area contributed by atoms with Crippen LogP contribution in [0.3, 0.4) is 0 Å². The highest BCUT2D eigenvalue weighted by molar-refractivity contribution is 8.00. The molecule has 2 aliphatic rings. The first kappa shape index (κ1) is 28.2. The predicted molar refractivity (Wildman–Crippen MR) is 146 cm³/mol. The van der Waals surface area contributed by atoms with Crippen molar-refractivity contribution >= 4 is 86.1 Å². The minimum absolute atomic E-state index is 0.0117. The number of carboxylic acid groups (broad SMARTS) is 2. The lowest BCUT2D eigenvalue weighted by Crippen LogP contribution is -2.71. The standard InChI is InChI=1S/C23H21ClN8O7S2/c1-8(21(35)36)39-30-14(13-17(24)41-23(26)29-13)18(33)28-15-19(34)32-16(22(37)38)9(7-40-20(15)32)6-31-4-2-3-10-11(31)5-12(25)27-10/h2-5,8,15,20H,6-7H2,1H3,(H7,25,26,27,28,29,33,35,36,37,38)/b30-14-/t8-,15+,20?/m0/s1. The number of aromatic nitrogens is 3. The monoisotopic (exact) mass is 620 g/mol. The van der Waals surface area contributed by atoms with Gasteiger partial charge in [0.05, 0.1) is 17.7 Å². The number of β-lactam (4-membered cyclic amide) rings is 1. The number of nitrogen functional groups attached to an aromatic ring is 2. The van der Waals surface area contributed by atoms with Gasteiger partial charge in [-0.3, -0.25) is 14.5 Å². The quantitative estimate of drug-likeness (QED) is 0.0844. The smallest absolute Gasteiger partial charge is 0.347 e. The van der Waals surface area contributed by atoms with E-state index >= 15 is 0 Å². The second kappa shape index (κ2) is 10.9. The zero-order chi connectivity index (χ0) is 29.6. The fourth-order valence-electron chi connectivity index (χ4n) is 4.35. The van der Waals surface area contributed by atoms with Crippen LogP contribution >= 0.6 is 34.7 Å². The number of fused-ring (bicyclic) bond motifs is 2.